The number of carboxylic acid groups (broad SMARTS) is 1. The molecule has 0 bridgehead atoms. The zero-order chi connectivity index (χ0) is 13.1. The first-order valence-corrected chi connectivity index (χ1v) is 5.91. The van der Waals surface area contributed by atoms with E-state index in [2.05, 4.69) is 10.6 Å². The lowest BCUT2D eigenvalue weighted by atomic mass is 9.99. The van der Waals surface area contributed by atoms with Crippen molar-refractivity contribution in [1.82, 2.24) is 5.32 Å². The third-order valence-electron chi connectivity index (χ3n) is 3.09. The second-order valence-electron chi connectivity index (χ2n) is 4.61. The van der Waals surface area contributed by atoms with Crippen LogP contribution in [-0.4, -0.2) is 30.1 Å². The van der Waals surface area contributed by atoms with Gasteiger partial charge in [0, 0.05) is 12.1 Å². The smallest absolute Gasteiger partial charge is 0.336 e. The van der Waals surface area contributed by atoms with Gasteiger partial charge in [-0.25, -0.2) is 4.79 Å². The minimum absolute atomic E-state index is 0.0679. The second-order valence-corrected chi connectivity index (χ2v) is 4.61. The first-order valence-electron chi connectivity index (χ1n) is 5.91. The van der Waals surface area contributed by atoms with E-state index in [9.17, 15) is 9.59 Å². The van der Waals surface area contributed by atoms with Crippen LogP contribution in [-0.2, 0) is 4.79 Å². The third-order valence-corrected chi connectivity index (χ3v) is 3.09. The van der Waals surface area contributed by atoms with Crippen LogP contribution in [0.25, 0.3) is 0 Å². The van der Waals surface area contributed by atoms with Gasteiger partial charge in [0.15, 0.2) is 0 Å². The number of amides is 1. The molecule has 2 rings (SSSR count). The van der Waals surface area contributed by atoms with E-state index in [1.165, 1.54) is 6.07 Å². The summed E-state index contributed by atoms with van der Waals surface area (Å²) in [6.45, 7) is 3.48. The topological polar surface area (TPSA) is 78.4 Å². The molecule has 0 unspecified atom stereocenters. The molecule has 1 aliphatic heterocycles. The molecule has 1 aromatic rings. The third kappa shape index (κ3) is 2.87. The van der Waals surface area contributed by atoms with Crippen molar-refractivity contribution in [2.24, 2.45) is 5.92 Å². The van der Waals surface area contributed by atoms with Gasteiger partial charge in [-0.2, -0.15) is 0 Å². The molecule has 96 valence electrons. The lowest BCUT2D eigenvalue weighted by Gasteiger charge is -2.26. The van der Waals surface area contributed by atoms with E-state index >= 15 is 0 Å². The molecule has 0 radical (unpaired) electrons. The Bertz CT molecular complexity index is 481. The number of rotatable bonds is 4. The Morgan fingerprint density at radius 2 is 2.17 bits per heavy atom. The van der Waals surface area contributed by atoms with Crippen LogP contribution in [0.5, 0.6) is 0 Å². The van der Waals surface area contributed by atoms with Crippen LogP contribution in [0.3, 0.4) is 0 Å². The Morgan fingerprint density at radius 1 is 1.44 bits per heavy atom. The van der Waals surface area contributed by atoms with Gasteiger partial charge in [-0.3, -0.25) is 4.79 Å². The number of carboxylic acids is 1. The van der Waals surface area contributed by atoms with Crippen LogP contribution in [0.4, 0.5) is 5.69 Å². The van der Waals surface area contributed by atoms with Crippen molar-refractivity contribution in [2.75, 3.05) is 18.4 Å². The number of aromatic carboxylic acids is 1. The van der Waals surface area contributed by atoms with Gasteiger partial charge < -0.3 is 15.7 Å². The molecule has 1 fully saturated rings. The molecule has 18 heavy (non-hydrogen) atoms. The van der Waals surface area contributed by atoms with Crippen LogP contribution in [0.15, 0.2) is 18.2 Å². The van der Waals surface area contributed by atoms with Crippen molar-refractivity contribution in [2.45, 2.75) is 13.3 Å². The first-order chi connectivity index (χ1) is 8.56. The van der Waals surface area contributed by atoms with Crippen LogP contribution in [0, 0.1) is 12.8 Å². The highest BCUT2D eigenvalue weighted by Crippen LogP contribution is 2.17. The Balaban J connectivity index is 2.02. The lowest BCUT2D eigenvalue weighted by molar-refractivity contribution is -0.117. The molecule has 0 aromatic heterocycles. The summed E-state index contributed by atoms with van der Waals surface area (Å²) in [6.07, 6.45) is 0.475. The zero-order valence-electron chi connectivity index (χ0n) is 10.2. The molecule has 1 heterocycles. The van der Waals surface area contributed by atoms with Gasteiger partial charge >= 0.3 is 5.97 Å². The minimum atomic E-state index is -0.980. The number of hydrogen-bond donors (Lipinski definition) is 3. The van der Waals surface area contributed by atoms with Crippen molar-refractivity contribution in [3.8, 4) is 0 Å². The zero-order valence-corrected chi connectivity index (χ0v) is 10.2. The van der Waals surface area contributed by atoms with Gasteiger partial charge in [-0.05, 0) is 43.6 Å². The standard InChI is InChI=1S/C13H16N2O3/c1-8-2-3-10(5-11(8)13(17)18)15-12(16)4-9-6-14-7-9/h2-3,5,9,14H,4,6-7H2,1H3,(H,15,16)(H,17,18). The summed E-state index contributed by atoms with van der Waals surface area (Å²) >= 11 is 0. The highest BCUT2D eigenvalue weighted by Gasteiger charge is 2.20. The molecule has 0 aliphatic carbocycles. The largest absolute Gasteiger partial charge is 0.478 e. The summed E-state index contributed by atoms with van der Waals surface area (Å²) in [5.74, 6) is -0.650. The molecule has 1 aromatic carbocycles. The van der Waals surface area contributed by atoms with Crippen LogP contribution in [0.2, 0.25) is 0 Å². The maximum Gasteiger partial charge on any atom is 0.336 e. The molecule has 0 spiro atoms. The van der Waals surface area contributed by atoms with E-state index in [0.717, 1.165) is 13.1 Å². The van der Waals surface area contributed by atoms with Gasteiger partial charge in [0.25, 0.3) is 0 Å². The van der Waals surface area contributed by atoms with Gasteiger partial charge in [0.2, 0.25) is 5.91 Å². The highest BCUT2D eigenvalue weighted by molar-refractivity contribution is 5.94. The van der Waals surface area contributed by atoms with E-state index in [0.29, 0.717) is 23.6 Å². The lowest BCUT2D eigenvalue weighted by Crippen LogP contribution is -2.43. The summed E-state index contributed by atoms with van der Waals surface area (Å²) in [7, 11) is 0. The number of hydrogen-bond acceptors (Lipinski definition) is 3. The quantitative estimate of drug-likeness (QED) is 0.749. The van der Waals surface area contributed by atoms with E-state index < -0.39 is 5.97 Å². The van der Waals surface area contributed by atoms with Crippen LogP contribution < -0.4 is 10.6 Å². The summed E-state index contributed by atoms with van der Waals surface area (Å²) in [6, 6.07) is 4.91. The van der Waals surface area contributed by atoms with Gasteiger partial charge in [0.1, 0.15) is 0 Å². The van der Waals surface area contributed by atoms with Gasteiger partial charge in [0.05, 0.1) is 5.56 Å². The van der Waals surface area contributed by atoms with Gasteiger partial charge in [-0.1, -0.05) is 6.07 Å². The molecule has 3 N–H and O–H groups in total. The van der Waals surface area contributed by atoms with Gasteiger partial charge in [-0.15, -0.1) is 0 Å². The van der Waals surface area contributed by atoms with Crippen molar-refractivity contribution in [1.29, 1.82) is 0 Å². The van der Waals surface area contributed by atoms with Crippen molar-refractivity contribution in [3.63, 3.8) is 0 Å². The summed E-state index contributed by atoms with van der Waals surface area (Å²) in [5.41, 5.74) is 1.44. The minimum Gasteiger partial charge on any atom is -0.478 e. The fraction of sp³-hybridized carbons (Fsp3) is 0.385. The fourth-order valence-corrected chi connectivity index (χ4v) is 1.90. The monoisotopic (exact) mass is 248 g/mol. The predicted octanol–water partition coefficient (Wildman–Crippen LogP) is 1.24. The van der Waals surface area contributed by atoms with Crippen LogP contribution >= 0.6 is 0 Å². The Labute approximate surface area is 105 Å². The Kier molecular flexibility index (Phi) is 3.62. The Morgan fingerprint density at radius 3 is 2.72 bits per heavy atom. The molecule has 5 heteroatoms. The van der Waals surface area contributed by atoms with Crippen molar-refractivity contribution < 1.29 is 14.7 Å². The number of aryl methyl sites for hydroxylation is 1. The number of nitrogens with one attached hydrogen (secondary N) is 2. The number of anilines is 1. The van der Waals surface area contributed by atoms with E-state index in [1.54, 1.807) is 19.1 Å². The predicted molar refractivity (Wildman–Crippen MR) is 67.7 cm³/mol. The summed E-state index contributed by atoms with van der Waals surface area (Å²) in [4.78, 5) is 22.7. The molecule has 0 atom stereocenters. The second kappa shape index (κ2) is 5.18. The van der Waals surface area contributed by atoms with Crippen molar-refractivity contribution >= 4 is 17.6 Å². The normalized spacial score (nSPS) is 14.9. The number of carbonyl (C=O) groups excluding carboxylic acids is 1. The van der Waals surface area contributed by atoms with E-state index in [1.807, 2.05) is 0 Å². The van der Waals surface area contributed by atoms with Crippen LogP contribution in [0.1, 0.15) is 22.3 Å². The SMILES string of the molecule is Cc1ccc(NC(=O)CC2CNC2)cc1C(=O)O. The molecule has 5 nitrogen and oxygen atoms in total. The maximum atomic E-state index is 11.7. The fourth-order valence-electron chi connectivity index (χ4n) is 1.90. The molecule has 1 amide bonds. The average Bonchev–Trinajstić information content (AvgIpc) is 2.26. The average molecular weight is 248 g/mol. The molecular formula is C13H16N2O3. The summed E-state index contributed by atoms with van der Waals surface area (Å²) < 4.78 is 0. The van der Waals surface area contributed by atoms with Crippen molar-refractivity contribution in [3.05, 3.63) is 29.3 Å². The molecule has 1 aliphatic rings. The first kappa shape index (κ1) is 12.6. The van der Waals surface area contributed by atoms with E-state index in [-0.39, 0.29) is 11.5 Å². The Hall–Kier alpha value is -1.88. The molecule has 0 saturated carbocycles. The maximum absolute atomic E-state index is 11.7. The summed E-state index contributed by atoms with van der Waals surface area (Å²) in [5, 5.41) is 14.8. The molecule has 1 saturated heterocycles. The van der Waals surface area contributed by atoms with E-state index in [4.69, 9.17) is 5.11 Å². The molecular weight excluding hydrogens is 232 g/mol. The number of benzene rings is 1. The number of carbonyl (C=O) groups is 2. The highest BCUT2D eigenvalue weighted by atomic mass is 16.4.